The topological polar surface area (TPSA) is 46.2 Å². The fraction of sp³-hybridized carbons (Fsp3) is 0.100. The first kappa shape index (κ1) is 9.89. The maximum Gasteiger partial charge on any atom is 0.103 e. The number of hydrogen-bond acceptors (Lipinski definition) is 2. The van der Waals surface area contributed by atoms with E-state index in [-0.39, 0.29) is 6.61 Å². The van der Waals surface area contributed by atoms with E-state index in [1.165, 1.54) is 0 Å². The minimum absolute atomic E-state index is 0.0526. The Morgan fingerprint density at radius 1 is 1.38 bits per heavy atom. The molecule has 2 nitrogen and oxygen atoms in total. The van der Waals surface area contributed by atoms with E-state index < -0.39 is 0 Å². The van der Waals surface area contributed by atoms with Gasteiger partial charge in [-0.2, -0.15) is 0 Å². The number of aliphatic hydroxyl groups is 1. The minimum atomic E-state index is 0.0526. The second kappa shape index (κ2) is 4.74. The summed E-state index contributed by atoms with van der Waals surface area (Å²) in [4.78, 5) is 0.401. The number of hydrogen-bond donors (Lipinski definition) is 2. The van der Waals surface area contributed by atoms with Gasteiger partial charge in [-0.3, -0.25) is 0 Å². The highest BCUT2D eigenvalue weighted by Crippen LogP contribution is 2.05. The third-order valence-corrected chi connectivity index (χ3v) is 1.85. The van der Waals surface area contributed by atoms with Gasteiger partial charge < -0.3 is 10.8 Å². The van der Waals surface area contributed by atoms with Crippen molar-refractivity contribution in [2.75, 3.05) is 6.61 Å². The molecule has 0 radical (unpaired) electrons. The molecule has 13 heavy (non-hydrogen) atoms. The van der Waals surface area contributed by atoms with Gasteiger partial charge in [0.1, 0.15) is 4.99 Å². The van der Waals surface area contributed by atoms with Gasteiger partial charge in [-0.1, -0.05) is 48.6 Å². The molecule has 0 bridgehead atoms. The number of benzene rings is 1. The van der Waals surface area contributed by atoms with Gasteiger partial charge in [0.2, 0.25) is 0 Å². The SMILES string of the molecule is NC(=S)c1ccc(C=CCO)cc1. The van der Waals surface area contributed by atoms with Gasteiger partial charge in [0.15, 0.2) is 0 Å². The highest BCUT2D eigenvalue weighted by Gasteiger charge is 1.93. The summed E-state index contributed by atoms with van der Waals surface area (Å²) in [5, 5.41) is 8.54. The summed E-state index contributed by atoms with van der Waals surface area (Å²) in [5.74, 6) is 0. The molecule has 0 spiro atoms. The van der Waals surface area contributed by atoms with E-state index in [1.807, 2.05) is 30.3 Å². The molecule has 3 heteroatoms. The average molecular weight is 193 g/mol. The molecule has 0 aliphatic heterocycles. The zero-order valence-corrected chi connectivity index (χ0v) is 7.92. The standard InChI is InChI=1S/C10H11NOS/c11-10(13)9-5-3-8(4-6-9)2-1-7-12/h1-6,12H,7H2,(H2,11,13). The summed E-state index contributed by atoms with van der Waals surface area (Å²) < 4.78 is 0. The minimum Gasteiger partial charge on any atom is -0.392 e. The third-order valence-electron chi connectivity index (χ3n) is 1.61. The first-order chi connectivity index (χ1) is 6.24. The van der Waals surface area contributed by atoms with Crippen LogP contribution in [0.2, 0.25) is 0 Å². The normalized spacial score (nSPS) is 10.5. The monoisotopic (exact) mass is 193 g/mol. The lowest BCUT2D eigenvalue weighted by molar-refractivity contribution is 0.343. The molecule has 3 N–H and O–H groups in total. The Labute approximate surface area is 82.7 Å². The van der Waals surface area contributed by atoms with Crippen molar-refractivity contribution in [3.63, 3.8) is 0 Å². The summed E-state index contributed by atoms with van der Waals surface area (Å²) in [6, 6.07) is 7.53. The van der Waals surface area contributed by atoms with Gasteiger partial charge >= 0.3 is 0 Å². The van der Waals surface area contributed by atoms with Crippen LogP contribution in [0.25, 0.3) is 6.08 Å². The van der Waals surface area contributed by atoms with Crippen molar-refractivity contribution in [2.45, 2.75) is 0 Å². The van der Waals surface area contributed by atoms with Crippen LogP contribution in [0.1, 0.15) is 11.1 Å². The van der Waals surface area contributed by atoms with E-state index in [2.05, 4.69) is 0 Å². The molecular formula is C10H11NOS. The van der Waals surface area contributed by atoms with Crippen LogP contribution in [0.4, 0.5) is 0 Å². The van der Waals surface area contributed by atoms with E-state index in [4.69, 9.17) is 23.1 Å². The molecule has 0 saturated carbocycles. The zero-order chi connectivity index (χ0) is 9.68. The molecule has 1 aromatic carbocycles. The third kappa shape index (κ3) is 2.97. The van der Waals surface area contributed by atoms with Crippen molar-refractivity contribution in [3.8, 4) is 0 Å². The Kier molecular flexibility index (Phi) is 3.61. The molecule has 0 aliphatic carbocycles. The summed E-state index contributed by atoms with van der Waals surface area (Å²) >= 11 is 4.81. The maximum atomic E-state index is 8.54. The zero-order valence-electron chi connectivity index (χ0n) is 7.10. The lowest BCUT2D eigenvalue weighted by atomic mass is 10.1. The van der Waals surface area contributed by atoms with Gasteiger partial charge in [-0.05, 0) is 5.56 Å². The lowest BCUT2D eigenvalue weighted by Gasteiger charge is -1.97. The summed E-state index contributed by atoms with van der Waals surface area (Å²) in [5.41, 5.74) is 7.32. The van der Waals surface area contributed by atoms with E-state index in [9.17, 15) is 0 Å². The van der Waals surface area contributed by atoms with Crippen LogP contribution < -0.4 is 5.73 Å². The first-order valence-electron chi connectivity index (χ1n) is 3.91. The van der Waals surface area contributed by atoms with E-state index in [1.54, 1.807) is 6.08 Å². The van der Waals surface area contributed by atoms with Crippen LogP contribution in [0, 0.1) is 0 Å². The smallest absolute Gasteiger partial charge is 0.103 e. The van der Waals surface area contributed by atoms with E-state index >= 15 is 0 Å². The Morgan fingerprint density at radius 3 is 2.46 bits per heavy atom. The highest BCUT2D eigenvalue weighted by molar-refractivity contribution is 7.80. The molecule has 1 rings (SSSR count). The first-order valence-corrected chi connectivity index (χ1v) is 4.32. The number of aliphatic hydroxyl groups excluding tert-OH is 1. The van der Waals surface area contributed by atoms with Crippen LogP contribution in [0.5, 0.6) is 0 Å². The second-order valence-electron chi connectivity index (χ2n) is 2.57. The molecule has 0 aromatic heterocycles. The molecule has 0 heterocycles. The second-order valence-corrected chi connectivity index (χ2v) is 3.01. The fourth-order valence-electron chi connectivity index (χ4n) is 0.947. The van der Waals surface area contributed by atoms with Crippen molar-refractivity contribution in [2.24, 2.45) is 5.73 Å². The summed E-state index contributed by atoms with van der Waals surface area (Å²) in [6.07, 6.45) is 3.51. The predicted octanol–water partition coefficient (Wildman–Crippen LogP) is 1.33. The molecule has 0 amide bonds. The van der Waals surface area contributed by atoms with Crippen LogP contribution in [0.15, 0.2) is 30.3 Å². The molecular weight excluding hydrogens is 182 g/mol. The van der Waals surface area contributed by atoms with Crippen molar-refractivity contribution in [3.05, 3.63) is 41.5 Å². The molecule has 0 fully saturated rings. The van der Waals surface area contributed by atoms with Gasteiger partial charge in [0.05, 0.1) is 6.61 Å². The van der Waals surface area contributed by atoms with Crippen LogP contribution in [0.3, 0.4) is 0 Å². The molecule has 0 aliphatic rings. The number of thiocarbonyl (C=S) groups is 1. The lowest BCUT2D eigenvalue weighted by Crippen LogP contribution is -2.08. The maximum absolute atomic E-state index is 8.54. The van der Waals surface area contributed by atoms with E-state index in [0.29, 0.717) is 4.99 Å². The van der Waals surface area contributed by atoms with Gasteiger partial charge in [-0.25, -0.2) is 0 Å². The molecule has 0 saturated heterocycles. The predicted molar refractivity (Wildman–Crippen MR) is 58.4 cm³/mol. The molecule has 0 unspecified atom stereocenters. The van der Waals surface area contributed by atoms with Crippen LogP contribution in [-0.4, -0.2) is 16.7 Å². The van der Waals surface area contributed by atoms with Crippen molar-refractivity contribution in [1.29, 1.82) is 0 Å². The van der Waals surface area contributed by atoms with Gasteiger partial charge in [0, 0.05) is 5.56 Å². The Bertz CT molecular complexity index is 316. The highest BCUT2D eigenvalue weighted by atomic mass is 32.1. The van der Waals surface area contributed by atoms with Crippen LogP contribution in [-0.2, 0) is 0 Å². The van der Waals surface area contributed by atoms with Crippen molar-refractivity contribution < 1.29 is 5.11 Å². The van der Waals surface area contributed by atoms with Gasteiger partial charge in [-0.15, -0.1) is 0 Å². The quantitative estimate of drug-likeness (QED) is 0.712. The fourth-order valence-corrected chi connectivity index (χ4v) is 1.08. The summed E-state index contributed by atoms with van der Waals surface area (Å²) in [6.45, 7) is 0.0526. The Balaban J connectivity index is 2.81. The Hall–Kier alpha value is -1.19. The molecule has 0 atom stereocenters. The average Bonchev–Trinajstić information content (AvgIpc) is 2.15. The molecule has 68 valence electrons. The van der Waals surface area contributed by atoms with Crippen molar-refractivity contribution in [1.82, 2.24) is 0 Å². The Morgan fingerprint density at radius 2 is 2.00 bits per heavy atom. The van der Waals surface area contributed by atoms with Crippen LogP contribution >= 0.6 is 12.2 Å². The van der Waals surface area contributed by atoms with Gasteiger partial charge in [0.25, 0.3) is 0 Å². The summed E-state index contributed by atoms with van der Waals surface area (Å²) in [7, 11) is 0. The number of nitrogens with two attached hydrogens (primary N) is 1. The van der Waals surface area contributed by atoms with Crippen molar-refractivity contribution >= 4 is 23.3 Å². The number of rotatable bonds is 3. The largest absolute Gasteiger partial charge is 0.392 e. The van der Waals surface area contributed by atoms with E-state index in [0.717, 1.165) is 11.1 Å². The molecule has 1 aromatic rings.